The normalized spacial score (nSPS) is 23.9. The van der Waals surface area contributed by atoms with Crippen LogP contribution >= 0.6 is 0 Å². The quantitative estimate of drug-likeness (QED) is 0.806. The van der Waals surface area contributed by atoms with E-state index in [1.54, 1.807) is 0 Å². The lowest BCUT2D eigenvalue weighted by Gasteiger charge is -2.40. The van der Waals surface area contributed by atoms with E-state index in [1.165, 1.54) is 25.7 Å². The van der Waals surface area contributed by atoms with Crippen LogP contribution in [0.3, 0.4) is 0 Å². The molecule has 0 saturated heterocycles. The van der Waals surface area contributed by atoms with E-state index < -0.39 is 0 Å². The molecule has 2 saturated carbocycles. The first kappa shape index (κ1) is 17.2. The summed E-state index contributed by atoms with van der Waals surface area (Å²) in [6.45, 7) is 1.92. The summed E-state index contributed by atoms with van der Waals surface area (Å²) in [6, 6.07) is 11.0. The summed E-state index contributed by atoms with van der Waals surface area (Å²) in [5, 5.41) is 3.12. The Balaban J connectivity index is 1.53. The van der Waals surface area contributed by atoms with Crippen molar-refractivity contribution < 1.29 is 9.53 Å². The number of nitrogens with two attached hydrogens (primary N) is 1. The van der Waals surface area contributed by atoms with Crippen LogP contribution in [0.1, 0.15) is 44.1 Å². The van der Waals surface area contributed by atoms with Crippen LogP contribution < -0.4 is 11.1 Å². The number of alkyl carbamates (subject to hydrolysis) is 1. The standard InChI is InChI=1S/C19H29N3O2/c20-12-13-22(16-10-11-16)18-9-5-4-8-17(18)21-19(23)24-14-15-6-2-1-3-7-15/h1-3,6-7,16-18H,4-5,8-14,20H2,(H,21,23)/t17-,18+/m0/s1. The minimum Gasteiger partial charge on any atom is -0.445 e. The van der Waals surface area contributed by atoms with E-state index >= 15 is 0 Å². The van der Waals surface area contributed by atoms with Crippen LogP contribution in [0, 0.1) is 0 Å². The van der Waals surface area contributed by atoms with Crippen molar-refractivity contribution in [2.24, 2.45) is 5.73 Å². The van der Waals surface area contributed by atoms with Crippen molar-refractivity contribution in [1.82, 2.24) is 10.2 Å². The van der Waals surface area contributed by atoms with E-state index in [-0.39, 0.29) is 12.1 Å². The molecule has 2 aliphatic carbocycles. The van der Waals surface area contributed by atoms with Gasteiger partial charge in [0.2, 0.25) is 0 Å². The summed E-state index contributed by atoms with van der Waals surface area (Å²) in [5.41, 5.74) is 6.82. The molecule has 1 aromatic rings. The second-order valence-corrected chi connectivity index (χ2v) is 6.92. The topological polar surface area (TPSA) is 67.6 Å². The Bertz CT molecular complexity index is 519. The summed E-state index contributed by atoms with van der Waals surface area (Å²) in [7, 11) is 0. The van der Waals surface area contributed by atoms with Crippen molar-refractivity contribution in [1.29, 1.82) is 0 Å². The molecule has 1 aromatic carbocycles. The molecule has 0 spiro atoms. The van der Waals surface area contributed by atoms with Crippen LogP contribution in [0.2, 0.25) is 0 Å². The molecule has 1 amide bonds. The van der Waals surface area contributed by atoms with Crippen molar-refractivity contribution in [2.75, 3.05) is 13.1 Å². The Labute approximate surface area is 144 Å². The summed E-state index contributed by atoms with van der Waals surface area (Å²) in [5.74, 6) is 0. The number of carbonyl (C=O) groups is 1. The lowest BCUT2D eigenvalue weighted by atomic mass is 9.89. The highest BCUT2D eigenvalue weighted by Crippen LogP contribution is 2.33. The maximum atomic E-state index is 12.2. The largest absolute Gasteiger partial charge is 0.445 e. The number of nitrogens with zero attached hydrogens (tertiary/aromatic N) is 1. The number of ether oxygens (including phenoxy) is 1. The van der Waals surface area contributed by atoms with Crippen LogP contribution in [0.5, 0.6) is 0 Å². The Hall–Kier alpha value is -1.59. The van der Waals surface area contributed by atoms with Crippen LogP contribution in [0.4, 0.5) is 4.79 Å². The second-order valence-electron chi connectivity index (χ2n) is 6.92. The molecule has 3 N–H and O–H groups in total. The third kappa shape index (κ3) is 4.71. The number of carbonyl (C=O) groups excluding carboxylic acids is 1. The van der Waals surface area contributed by atoms with Gasteiger partial charge in [-0.15, -0.1) is 0 Å². The van der Waals surface area contributed by atoms with E-state index in [2.05, 4.69) is 10.2 Å². The van der Waals surface area contributed by atoms with Gasteiger partial charge >= 0.3 is 6.09 Å². The molecule has 0 radical (unpaired) electrons. The number of hydrogen-bond acceptors (Lipinski definition) is 4. The molecular weight excluding hydrogens is 302 g/mol. The minimum atomic E-state index is -0.306. The first-order valence-electron chi connectivity index (χ1n) is 9.21. The Kier molecular flexibility index (Phi) is 6.10. The first-order valence-corrected chi connectivity index (χ1v) is 9.21. The maximum Gasteiger partial charge on any atom is 0.407 e. The number of hydrogen-bond donors (Lipinski definition) is 2. The fraction of sp³-hybridized carbons (Fsp3) is 0.632. The molecule has 24 heavy (non-hydrogen) atoms. The molecule has 2 atom stereocenters. The molecule has 5 heteroatoms. The number of amides is 1. The predicted octanol–water partition coefficient (Wildman–Crippen LogP) is 2.65. The third-order valence-corrected chi connectivity index (χ3v) is 5.07. The summed E-state index contributed by atoms with van der Waals surface area (Å²) >= 11 is 0. The fourth-order valence-corrected chi connectivity index (χ4v) is 3.77. The van der Waals surface area contributed by atoms with E-state index in [4.69, 9.17) is 10.5 Å². The van der Waals surface area contributed by atoms with Gasteiger partial charge in [0.15, 0.2) is 0 Å². The Morgan fingerprint density at radius 2 is 1.92 bits per heavy atom. The molecule has 0 unspecified atom stereocenters. The third-order valence-electron chi connectivity index (χ3n) is 5.07. The number of rotatable bonds is 7. The molecule has 0 bridgehead atoms. The molecule has 2 aliphatic rings. The average molecular weight is 331 g/mol. The smallest absolute Gasteiger partial charge is 0.407 e. The van der Waals surface area contributed by atoms with Gasteiger partial charge in [-0.25, -0.2) is 4.79 Å². The maximum absolute atomic E-state index is 12.2. The molecule has 0 aromatic heterocycles. The number of nitrogens with one attached hydrogen (secondary N) is 1. The van der Waals surface area contributed by atoms with Crippen LogP contribution in [-0.4, -0.2) is 42.2 Å². The van der Waals surface area contributed by atoms with Crippen molar-refractivity contribution in [3.8, 4) is 0 Å². The van der Waals surface area contributed by atoms with Gasteiger partial charge in [-0.05, 0) is 31.2 Å². The minimum absolute atomic E-state index is 0.175. The van der Waals surface area contributed by atoms with Crippen molar-refractivity contribution in [3.63, 3.8) is 0 Å². The van der Waals surface area contributed by atoms with Crippen molar-refractivity contribution >= 4 is 6.09 Å². The molecule has 0 heterocycles. The predicted molar refractivity (Wildman–Crippen MR) is 94.6 cm³/mol. The lowest BCUT2D eigenvalue weighted by Crippen LogP contribution is -2.55. The lowest BCUT2D eigenvalue weighted by molar-refractivity contribution is 0.0968. The highest BCUT2D eigenvalue weighted by atomic mass is 16.5. The molecule has 3 rings (SSSR count). The highest BCUT2D eigenvalue weighted by Gasteiger charge is 2.38. The van der Waals surface area contributed by atoms with E-state index in [1.807, 2.05) is 30.3 Å². The zero-order chi connectivity index (χ0) is 16.8. The second kappa shape index (κ2) is 8.49. The van der Waals surface area contributed by atoms with E-state index in [9.17, 15) is 4.79 Å². The van der Waals surface area contributed by atoms with E-state index in [0.717, 1.165) is 24.9 Å². The SMILES string of the molecule is NCCN(C1CC1)[C@@H]1CCCC[C@@H]1NC(=O)OCc1ccccc1. The summed E-state index contributed by atoms with van der Waals surface area (Å²) < 4.78 is 5.40. The van der Waals surface area contributed by atoms with Gasteiger partial charge in [0.05, 0.1) is 0 Å². The Morgan fingerprint density at radius 3 is 2.62 bits per heavy atom. The van der Waals surface area contributed by atoms with Crippen LogP contribution in [0.25, 0.3) is 0 Å². The summed E-state index contributed by atoms with van der Waals surface area (Å²) in [6.07, 6.45) is 6.79. The molecule has 5 nitrogen and oxygen atoms in total. The van der Waals surface area contributed by atoms with Gasteiger partial charge in [0.1, 0.15) is 6.61 Å². The van der Waals surface area contributed by atoms with Gasteiger partial charge in [-0.2, -0.15) is 0 Å². The highest BCUT2D eigenvalue weighted by molar-refractivity contribution is 5.67. The summed E-state index contributed by atoms with van der Waals surface area (Å²) in [4.78, 5) is 14.7. The van der Waals surface area contributed by atoms with Crippen LogP contribution in [-0.2, 0) is 11.3 Å². The van der Waals surface area contributed by atoms with Gasteiger partial charge < -0.3 is 15.8 Å². The monoisotopic (exact) mass is 331 g/mol. The zero-order valence-electron chi connectivity index (χ0n) is 14.3. The number of benzene rings is 1. The molecule has 132 valence electrons. The van der Waals surface area contributed by atoms with E-state index in [0.29, 0.717) is 25.2 Å². The fourth-order valence-electron chi connectivity index (χ4n) is 3.77. The van der Waals surface area contributed by atoms with Crippen LogP contribution in [0.15, 0.2) is 30.3 Å². The first-order chi connectivity index (χ1) is 11.8. The van der Waals surface area contributed by atoms with Gasteiger partial charge in [0, 0.05) is 31.2 Å². The van der Waals surface area contributed by atoms with Crippen molar-refractivity contribution in [3.05, 3.63) is 35.9 Å². The van der Waals surface area contributed by atoms with Gasteiger partial charge in [-0.3, -0.25) is 4.90 Å². The zero-order valence-corrected chi connectivity index (χ0v) is 14.3. The average Bonchev–Trinajstić information content (AvgIpc) is 3.44. The van der Waals surface area contributed by atoms with Gasteiger partial charge in [-0.1, -0.05) is 43.2 Å². The molecule has 0 aliphatic heterocycles. The molecular formula is C19H29N3O2. The Morgan fingerprint density at radius 1 is 1.17 bits per heavy atom. The van der Waals surface area contributed by atoms with Gasteiger partial charge in [0.25, 0.3) is 0 Å². The van der Waals surface area contributed by atoms with Crippen molar-refractivity contribution in [2.45, 2.75) is 63.3 Å². The molecule has 2 fully saturated rings.